The van der Waals surface area contributed by atoms with Gasteiger partial charge in [-0.25, -0.2) is 4.79 Å². The first-order chi connectivity index (χ1) is 10.6. The lowest BCUT2D eigenvalue weighted by Crippen LogP contribution is -2.13. The Morgan fingerprint density at radius 2 is 2.05 bits per heavy atom. The van der Waals surface area contributed by atoms with Gasteiger partial charge >= 0.3 is 6.16 Å². The lowest BCUT2D eigenvalue weighted by molar-refractivity contribution is -0.384. The Hall–Kier alpha value is -3.09. The number of allylic oxidation sites excluding steroid dienone is 1. The van der Waals surface area contributed by atoms with E-state index in [4.69, 9.17) is 9.47 Å². The maximum absolute atomic E-state index is 11.6. The van der Waals surface area contributed by atoms with Crippen LogP contribution in [0.4, 0.5) is 10.5 Å². The summed E-state index contributed by atoms with van der Waals surface area (Å²) in [6.45, 7) is 0.105. The first kappa shape index (κ1) is 13.9. The van der Waals surface area contributed by atoms with Gasteiger partial charge in [-0.2, -0.15) is 0 Å². The van der Waals surface area contributed by atoms with Gasteiger partial charge in [0.15, 0.2) is 0 Å². The lowest BCUT2D eigenvalue weighted by atomic mass is 10.3. The topological polar surface area (TPSA) is 83.6 Å². The molecular weight excluding hydrogens is 288 g/mol. The average molecular weight is 300 g/mol. The average Bonchev–Trinajstić information content (AvgIpc) is 3.09. The standard InChI is InChI=1S/C15H12N2O5/c18-15(22-14-7-5-12(6-8-14)17(19)20)21-10-13-4-3-11-2-1-9-16(11)13/h1-2,4-9H,3,10H2. The van der Waals surface area contributed by atoms with Gasteiger partial charge in [0.2, 0.25) is 0 Å². The summed E-state index contributed by atoms with van der Waals surface area (Å²) in [6, 6.07) is 9.13. The van der Waals surface area contributed by atoms with Crippen LogP contribution in [-0.2, 0) is 11.2 Å². The Kier molecular flexibility index (Phi) is 3.61. The fraction of sp³-hybridized carbons (Fsp3) is 0.133. The molecule has 112 valence electrons. The Morgan fingerprint density at radius 1 is 1.27 bits per heavy atom. The lowest BCUT2D eigenvalue weighted by Gasteiger charge is -2.08. The van der Waals surface area contributed by atoms with Crippen molar-refractivity contribution in [1.82, 2.24) is 4.57 Å². The number of aromatic nitrogens is 1. The van der Waals surface area contributed by atoms with Gasteiger partial charge in [-0.05, 0) is 24.3 Å². The molecule has 2 heterocycles. The number of hydrogen-bond donors (Lipinski definition) is 0. The molecule has 0 aliphatic carbocycles. The highest BCUT2D eigenvalue weighted by atomic mass is 16.7. The quantitative estimate of drug-likeness (QED) is 0.375. The van der Waals surface area contributed by atoms with E-state index in [0.29, 0.717) is 0 Å². The van der Waals surface area contributed by atoms with Gasteiger partial charge in [-0.3, -0.25) is 10.1 Å². The minimum atomic E-state index is -0.852. The number of carbonyl (C=O) groups is 1. The summed E-state index contributed by atoms with van der Waals surface area (Å²) >= 11 is 0. The number of rotatable bonds is 4. The highest BCUT2D eigenvalue weighted by Crippen LogP contribution is 2.21. The molecule has 1 aliphatic heterocycles. The molecule has 0 saturated heterocycles. The molecule has 0 radical (unpaired) electrons. The second-order valence-corrected chi connectivity index (χ2v) is 4.66. The molecule has 0 spiro atoms. The van der Waals surface area contributed by atoms with Gasteiger partial charge < -0.3 is 14.0 Å². The number of nitro groups is 1. The monoisotopic (exact) mass is 300 g/mol. The maximum atomic E-state index is 11.6. The number of non-ortho nitro benzene ring substituents is 1. The van der Waals surface area contributed by atoms with Crippen molar-refractivity contribution >= 4 is 17.5 Å². The smallest absolute Gasteiger partial charge is 0.428 e. The van der Waals surface area contributed by atoms with Gasteiger partial charge in [0.25, 0.3) is 5.69 Å². The molecule has 0 fully saturated rings. The highest BCUT2D eigenvalue weighted by molar-refractivity contribution is 5.66. The van der Waals surface area contributed by atoms with Gasteiger partial charge in [0.05, 0.1) is 10.6 Å². The highest BCUT2D eigenvalue weighted by Gasteiger charge is 2.15. The summed E-state index contributed by atoms with van der Waals surface area (Å²) in [6.07, 6.45) is 3.84. The third-order valence-corrected chi connectivity index (χ3v) is 3.28. The Bertz CT molecular complexity index is 746. The van der Waals surface area contributed by atoms with Crippen molar-refractivity contribution in [3.63, 3.8) is 0 Å². The van der Waals surface area contributed by atoms with E-state index in [1.54, 1.807) is 0 Å². The molecule has 7 heteroatoms. The van der Waals surface area contributed by atoms with Gasteiger partial charge in [0, 0.05) is 30.4 Å². The van der Waals surface area contributed by atoms with Crippen LogP contribution in [-0.4, -0.2) is 22.3 Å². The minimum absolute atomic E-state index is 0.0723. The number of carbonyl (C=O) groups excluding carboxylic acids is 1. The van der Waals surface area contributed by atoms with Crippen LogP contribution in [0.2, 0.25) is 0 Å². The molecule has 3 rings (SSSR count). The molecule has 1 aliphatic rings. The maximum Gasteiger partial charge on any atom is 0.514 e. The number of benzene rings is 1. The molecule has 1 aromatic heterocycles. The van der Waals surface area contributed by atoms with Gasteiger partial charge in [-0.15, -0.1) is 0 Å². The summed E-state index contributed by atoms with van der Waals surface area (Å²) in [4.78, 5) is 21.6. The normalized spacial score (nSPS) is 12.5. The fourth-order valence-electron chi connectivity index (χ4n) is 2.21. The van der Waals surface area contributed by atoms with E-state index < -0.39 is 11.1 Å². The van der Waals surface area contributed by atoms with Crippen LogP contribution in [0.1, 0.15) is 5.69 Å². The van der Waals surface area contributed by atoms with Crippen LogP contribution < -0.4 is 4.74 Å². The van der Waals surface area contributed by atoms with Crippen molar-refractivity contribution in [2.24, 2.45) is 0 Å². The zero-order valence-corrected chi connectivity index (χ0v) is 11.5. The summed E-state index contributed by atoms with van der Waals surface area (Å²) in [7, 11) is 0. The van der Waals surface area contributed by atoms with Crippen LogP contribution in [0.3, 0.4) is 0 Å². The number of fused-ring (bicyclic) bond motifs is 1. The van der Waals surface area contributed by atoms with E-state index in [-0.39, 0.29) is 18.0 Å². The molecule has 0 N–H and O–H groups in total. The Balaban J connectivity index is 1.54. The second kappa shape index (κ2) is 5.72. The summed E-state index contributed by atoms with van der Waals surface area (Å²) in [5, 5.41) is 10.5. The molecule has 7 nitrogen and oxygen atoms in total. The first-order valence-corrected chi connectivity index (χ1v) is 6.58. The Labute approximate surface area is 125 Å². The van der Waals surface area contributed by atoms with Gasteiger partial charge in [0.1, 0.15) is 12.4 Å². The molecule has 0 saturated carbocycles. The van der Waals surface area contributed by atoms with E-state index in [1.165, 1.54) is 24.3 Å². The van der Waals surface area contributed by atoms with Crippen molar-refractivity contribution in [3.05, 3.63) is 64.5 Å². The van der Waals surface area contributed by atoms with E-state index in [1.807, 2.05) is 29.0 Å². The second-order valence-electron chi connectivity index (χ2n) is 4.66. The number of hydrogen-bond acceptors (Lipinski definition) is 5. The zero-order chi connectivity index (χ0) is 15.5. The third-order valence-electron chi connectivity index (χ3n) is 3.28. The first-order valence-electron chi connectivity index (χ1n) is 6.58. The van der Waals surface area contributed by atoms with Crippen LogP contribution in [0.15, 0.2) is 48.7 Å². The van der Waals surface area contributed by atoms with Crippen molar-refractivity contribution < 1.29 is 19.2 Å². The van der Waals surface area contributed by atoms with Crippen molar-refractivity contribution in [3.8, 4) is 5.75 Å². The molecule has 0 amide bonds. The summed E-state index contributed by atoms with van der Waals surface area (Å²) in [5.41, 5.74) is 1.94. The predicted octanol–water partition coefficient (Wildman–Crippen LogP) is 3.01. The molecule has 22 heavy (non-hydrogen) atoms. The number of ether oxygens (including phenoxy) is 2. The predicted molar refractivity (Wildman–Crippen MR) is 77.5 cm³/mol. The fourth-order valence-corrected chi connectivity index (χ4v) is 2.21. The number of nitro benzene ring substituents is 1. The van der Waals surface area contributed by atoms with Gasteiger partial charge in [-0.1, -0.05) is 6.08 Å². The van der Waals surface area contributed by atoms with Crippen molar-refractivity contribution in [2.75, 3.05) is 6.61 Å². The van der Waals surface area contributed by atoms with Crippen LogP contribution in [0.25, 0.3) is 5.70 Å². The third kappa shape index (κ3) is 2.83. The molecular formula is C15H12N2O5. The zero-order valence-electron chi connectivity index (χ0n) is 11.5. The van der Waals surface area contributed by atoms with E-state index >= 15 is 0 Å². The van der Waals surface area contributed by atoms with Crippen LogP contribution in [0, 0.1) is 10.1 Å². The van der Waals surface area contributed by atoms with E-state index in [0.717, 1.165) is 17.8 Å². The molecule has 0 atom stereocenters. The Morgan fingerprint density at radius 3 is 2.77 bits per heavy atom. The van der Waals surface area contributed by atoms with Crippen LogP contribution in [0.5, 0.6) is 5.75 Å². The molecule has 2 aromatic rings. The largest absolute Gasteiger partial charge is 0.514 e. The SMILES string of the molecule is O=C(OCC1=CCc2cccn21)Oc1ccc([N+](=O)[O-])cc1. The number of nitrogens with zero attached hydrogens (tertiary/aromatic N) is 2. The summed E-state index contributed by atoms with van der Waals surface area (Å²) in [5.74, 6) is 0.192. The van der Waals surface area contributed by atoms with E-state index in [2.05, 4.69) is 0 Å². The van der Waals surface area contributed by atoms with Crippen molar-refractivity contribution in [1.29, 1.82) is 0 Å². The molecule has 1 aromatic carbocycles. The summed E-state index contributed by atoms with van der Waals surface area (Å²) < 4.78 is 12.0. The minimum Gasteiger partial charge on any atom is -0.428 e. The van der Waals surface area contributed by atoms with Crippen molar-refractivity contribution in [2.45, 2.75) is 6.42 Å². The van der Waals surface area contributed by atoms with E-state index in [9.17, 15) is 14.9 Å². The molecule has 0 unspecified atom stereocenters. The van der Waals surface area contributed by atoms with Crippen LogP contribution >= 0.6 is 0 Å². The molecule has 0 bridgehead atoms.